The van der Waals surface area contributed by atoms with Gasteiger partial charge in [0, 0.05) is 17.7 Å². The minimum Gasteiger partial charge on any atom is -0.497 e. The molecule has 4 heteroatoms. The maximum absolute atomic E-state index is 14.0. The van der Waals surface area contributed by atoms with Crippen molar-refractivity contribution in [3.05, 3.63) is 65.5 Å². The summed E-state index contributed by atoms with van der Waals surface area (Å²) >= 11 is 0. The first-order valence-corrected chi connectivity index (χ1v) is 6.58. The van der Waals surface area contributed by atoms with Crippen LogP contribution in [0.1, 0.15) is 23.6 Å². The maximum atomic E-state index is 14.0. The molecule has 2 aromatic carbocycles. The van der Waals surface area contributed by atoms with Gasteiger partial charge in [0.15, 0.2) is 0 Å². The number of hydrogen-bond donors (Lipinski definition) is 2. The van der Waals surface area contributed by atoms with Crippen molar-refractivity contribution in [3.8, 4) is 5.75 Å². The zero-order valence-electron chi connectivity index (χ0n) is 11.5. The van der Waals surface area contributed by atoms with E-state index < -0.39 is 0 Å². The van der Waals surface area contributed by atoms with Gasteiger partial charge in [0.2, 0.25) is 0 Å². The highest BCUT2D eigenvalue weighted by Crippen LogP contribution is 2.24. The molecule has 0 saturated carbocycles. The molecule has 1 atom stereocenters. The van der Waals surface area contributed by atoms with E-state index in [4.69, 9.17) is 10.6 Å². The third-order valence-corrected chi connectivity index (χ3v) is 3.35. The van der Waals surface area contributed by atoms with E-state index in [-0.39, 0.29) is 11.9 Å². The molecule has 0 aliphatic carbocycles. The fraction of sp³-hybridized carbons (Fsp3) is 0.250. The fourth-order valence-corrected chi connectivity index (χ4v) is 2.20. The standard InChI is InChI=1S/C16H19FN2O/c1-20-13-8-9-14(15(17)11-13)16(19-18)10-7-12-5-3-2-4-6-12/h2-6,8-9,11,16,19H,7,10,18H2,1H3. The quantitative estimate of drug-likeness (QED) is 0.629. The smallest absolute Gasteiger partial charge is 0.131 e. The van der Waals surface area contributed by atoms with E-state index in [1.807, 2.05) is 18.2 Å². The van der Waals surface area contributed by atoms with Crippen molar-refractivity contribution in [2.75, 3.05) is 7.11 Å². The van der Waals surface area contributed by atoms with Gasteiger partial charge < -0.3 is 4.74 Å². The van der Waals surface area contributed by atoms with E-state index in [0.717, 1.165) is 12.8 Å². The molecule has 0 aromatic heterocycles. The lowest BCUT2D eigenvalue weighted by Crippen LogP contribution is -2.29. The van der Waals surface area contributed by atoms with Gasteiger partial charge in [-0.15, -0.1) is 0 Å². The number of halogens is 1. The topological polar surface area (TPSA) is 47.3 Å². The number of hydrazine groups is 1. The van der Waals surface area contributed by atoms with Crippen LogP contribution in [-0.2, 0) is 6.42 Å². The zero-order chi connectivity index (χ0) is 14.4. The van der Waals surface area contributed by atoms with Crippen molar-refractivity contribution in [1.82, 2.24) is 5.43 Å². The first-order chi connectivity index (χ1) is 9.74. The Morgan fingerprint density at radius 3 is 2.55 bits per heavy atom. The molecule has 106 valence electrons. The van der Waals surface area contributed by atoms with Crippen molar-refractivity contribution >= 4 is 0 Å². The third-order valence-electron chi connectivity index (χ3n) is 3.35. The summed E-state index contributed by atoms with van der Waals surface area (Å²) in [5, 5.41) is 0. The zero-order valence-corrected chi connectivity index (χ0v) is 11.5. The molecule has 0 radical (unpaired) electrons. The molecule has 3 nitrogen and oxygen atoms in total. The van der Waals surface area contributed by atoms with E-state index in [1.165, 1.54) is 18.7 Å². The van der Waals surface area contributed by atoms with Gasteiger partial charge in [-0.1, -0.05) is 36.4 Å². The Kier molecular flexibility index (Phi) is 5.09. The van der Waals surface area contributed by atoms with Gasteiger partial charge in [-0.2, -0.15) is 0 Å². The number of hydrogen-bond acceptors (Lipinski definition) is 3. The van der Waals surface area contributed by atoms with Crippen molar-refractivity contribution in [2.24, 2.45) is 5.84 Å². The molecule has 0 aliphatic heterocycles. The lowest BCUT2D eigenvalue weighted by atomic mass is 9.99. The fourth-order valence-electron chi connectivity index (χ4n) is 2.20. The Hall–Kier alpha value is -1.91. The van der Waals surface area contributed by atoms with Crippen LogP contribution in [0.4, 0.5) is 4.39 Å². The molecule has 2 aromatic rings. The summed E-state index contributed by atoms with van der Waals surface area (Å²) in [4.78, 5) is 0. The van der Waals surface area contributed by atoms with Crippen LogP contribution in [0.3, 0.4) is 0 Å². The van der Waals surface area contributed by atoms with Crippen LogP contribution in [0.25, 0.3) is 0 Å². The summed E-state index contributed by atoms with van der Waals surface area (Å²) in [6.45, 7) is 0. The first-order valence-electron chi connectivity index (χ1n) is 6.58. The van der Waals surface area contributed by atoms with Gasteiger partial charge in [-0.05, 0) is 24.5 Å². The predicted molar refractivity (Wildman–Crippen MR) is 77.8 cm³/mol. The summed E-state index contributed by atoms with van der Waals surface area (Å²) in [5.74, 6) is 5.76. The summed E-state index contributed by atoms with van der Waals surface area (Å²) in [6, 6.07) is 14.7. The van der Waals surface area contributed by atoms with Crippen LogP contribution in [0, 0.1) is 5.82 Å². The van der Waals surface area contributed by atoms with Crippen molar-refractivity contribution < 1.29 is 9.13 Å². The third kappa shape index (κ3) is 3.56. The molecule has 2 rings (SSSR count). The normalized spacial score (nSPS) is 12.2. The number of aryl methyl sites for hydroxylation is 1. The Morgan fingerprint density at radius 2 is 1.95 bits per heavy atom. The number of methoxy groups -OCH3 is 1. The van der Waals surface area contributed by atoms with Gasteiger partial charge >= 0.3 is 0 Å². The molecule has 0 saturated heterocycles. The first kappa shape index (κ1) is 14.5. The second-order valence-corrected chi connectivity index (χ2v) is 4.63. The molecule has 0 bridgehead atoms. The molecule has 0 fully saturated rings. The van der Waals surface area contributed by atoms with Gasteiger partial charge in [0.1, 0.15) is 11.6 Å². The monoisotopic (exact) mass is 274 g/mol. The van der Waals surface area contributed by atoms with E-state index in [1.54, 1.807) is 12.1 Å². The highest BCUT2D eigenvalue weighted by molar-refractivity contribution is 5.31. The Bertz CT molecular complexity index is 545. The van der Waals surface area contributed by atoms with E-state index >= 15 is 0 Å². The number of nitrogens with one attached hydrogen (secondary N) is 1. The largest absolute Gasteiger partial charge is 0.497 e. The molecule has 3 N–H and O–H groups in total. The average Bonchev–Trinajstić information content (AvgIpc) is 2.50. The van der Waals surface area contributed by atoms with Gasteiger partial charge in [0.05, 0.1) is 7.11 Å². The van der Waals surface area contributed by atoms with Gasteiger partial charge in [-0.25, -0.2) is 4.39 Å². The number of benzene rings is 2. The lowest BCUT2D eigenvalue weighted by Gasteiger charge is -2.17. The van der Waals surface area contributed by atoms with Gasteiger partial charge in [-0.3, -0.25) is 11.3 Å². The second-order valence-electron chi connectivity index (χ2n) is 4.63. The molecular weight excluding hydrogens is 255 g/mol. The van der Waals surface area contributed by atoms with Crippen molar-refractivity contribution in [1.29, 1.82) is 0 Å². The van der Waals surface area contributed by atoms with Crippen LogP contribution in [0.2, 0.25) is 0 Å². The summed E-state index contributed by atoms with van der Waals surface area (Å²) in [7, 11) is 1.52. The molecule has 0 aliphatic rings. The molecule has 20 heavy (non-hydrogen) atoms. The number of ether oxygens (including phenoxy) is 1. The minimum atomic E-state index is -0.305. The van der Waals surface area contributed by atoms with E-state index in [0.29, 0.717) is 11.3 Å². The van der Waals surface area contributed by atoms with Crippen molar-refractivity contribution in [2.45, 2.75) is 18.9 Å². The Balaban J connectivity index is 2.08. The minimum absolute atomic E-state index is 0.221. The van der Waals surface area contributed by atoms with E-state index in [2.05, 4.69) is 17.6 Å². The summed E-state index contributed by atoms with van der Waals surface area (Å²) in [6.07, 6.45) is 1.56. The molecule has 1 unspecified atom stereocenters. The maximum Gasteiger partial charge on any atom is 0.131 e. The summed E-state index contributed by atoms with van der Waals surface area (Å²) < 4.78 is 19.0. The summed E-state index contributed by atoms with van der Waals surface area (Å²) in [5.41, 5.74) is 4.46. The van der Waals surface area contributed by atoms with Crippen LogP contribution >= 0.6 is 0 Å². The molecule has 0 amide bonds. The van der Waals surface area contributed by atoms with E-state index in [9.17, 15) is 4.39 Å². The highest BCUT2D eigenvalue weighted by atomic mass is 19.1. The average molecular weight is 274 g/mol. The number of nitrogens with two attached hydrogens (primary N) is 1. The SMILES string of the molecule is COc1ccc(C(CCc2ccccc2)NN)c(F)c1. The Labute approximate surface area is 118 Å². The molecule has 0 heterocycles. The van der Waals surface area contributed by atoms with Crippen LogP contribution in [-0.4, -0.2) is 7.11 Å². The number of rotatable bonds is 6. The Morgan fingerprint density at radius 1 is 1.20 bits per heavy atom. The second kappa shape index (κ2) is 7.03. The highest BCUT2D eigenvalue weighted by Gasteiger charge is 2.15. The molecule has 0 spiro atoms. The van der Waals surface area contributed by atoms with Crippen LogP contribution in [0.5, 0.6) is 5.75 Å². The van der Waals surface area contributed by atoms with Crippen LogP contribution < -0.4 is 16.0 Å². The van der Waals surface area contributed by atoms with Crippen LogP contribution in [0.15, 0.2) is 48.5 Å². The molecular formula is C16H19FN2O. The van der Waals surface area contributed by atoms with Crippen molar-refractivity contribution in [3.63, 3.8) is 0 Å². The predicted octanol–water partition coefficient (Wildman–Crippen LogP) is 2.97. The van der Waals surface area contributed by atoms with Gasteiger partial charge in [0.25, 0.3) is 0 Å². The lowest BCUT2D eigenvalue weighted by molar-refractivity contribution is 0.408.